The lowest BCUT2D eigenvalue weighted by Crippen LogP contribution is -2.34. The number of halogens is 2. The van der Waals surface area contributed by atoms with Crippen molar-refractivity contribution in [1.82, 2.24) is 20.3 Å². The number of hydrogen-bond donors (Lipinski definition) is 1. The summed E-state index contributed by atoms with van der Waals surface area (Å²) < 4.78 is 5.76. The summed E-state index contributed by atoms with van der Waals surface area (Å²) in [5.41, 5.74) is 1.77. The van der Waals surface area contributed by atoms with E-state index < -0.39 is 0 Å². The topological polar surface area (TPSA) is 59.9 Å². The minimum Gasteiger partial charge on any atom is -0.460 e. The molecule has 0 bridgehead atoms. The van der Waals surface area contributed by atoms with E-state index in [1.807, 2.05) is 18.2 Å². The molecule has 1 fully saturated rings. The van der Waals surface area contributed by atoms with E-state index >= 15 is 0 Å². The minimum absolute atomic E-state index is 0. The van der Waals surface area contributed by atoms with Crippen LogP contribution in [0.15, 0.2) is 36.8 Å². The van der Waals surface area contributed by atoms with E-state index in [-0.39, 0.29) is 30.9 Å². The molecule has 0 saturated carbocycles. The molecule has 0 atom stereocenters. The number of piperidine rings is 1. The molecule has 3 heterocycles. The van der Waals surface area contributed by atoms with Crippen LogP contribution in [0.4, 0.5) is 0 Å². The van der Waals surface area contributed by atoms with Gasteiger partial charge in [0.15, 0.2) is 0 Å². The number of ether oxygens (including phenoxy) is 1. The monoisotopic (exact) mass is 328 g/mol. The fourth-order valence-corrected chi connectivity index (χ4v) is 2.11. The van der Waals surface area contributed by atoms with E-state index in [0.29, 0.717) is 6.01 Å². The summed E-state index contributed by atoms with van der Waals surface area (Å²) in [6.07, 6.45) is 7.50. The number of nitrogens with zero attached hydrogens (tertiary/aromatic N) is 3. The number of hydrogen-bond acceptors (Lipinski definition) is 5. The Morgan fingerprint density at radius 1 is 1.00 bits per heavy atom. The van der Waals surface area contributed by atoms with Crippen LogP contribution in [0.1, 0.15) is 12.8 Å². The van der Waals surface area contributed by atoms with Crippen molar-refractivity contribution >= 4 is 24.8 Å². The quantitative estimate of drug-likeness (QED) is 0.938. The predicted molar refractivity (Wildman–Crippen MR) is 86.3 cm³/mol. The largest absolute Gasteiger partial charge is 0.460 e. The van der Waals surface area contributed by atoms with Crippen molar-refractivity contribution in [3.05, 3.63) is 36.8 Å². The van der Waals surface area contributed by atoms with Crippen LogP contribution < -0.4 is 10.1 Å². The van der Waals surface area contributed by atoms with Gasteiger partial charge in [-0.05, 0) is 38.1 Å². The van der Waals surface area contributed by atoms with Gasteiger partial charge in [-0.2, -0.15) is 0 Å². The van der Waals surface area contributed by atoms with Crippen molar-refractivity contribution in [2.24, 2.45) is 0 Å². The van der Waals surface area contributed by atoms with Crippen LogP contribution in [0, 0.1) is 0 Å². The van der Waals surface area contributed by atoms with Crippen LogP contribution in [0.25, 0.3) is 11.3 Å². The Balaban J connectivity index is 0.00000110. The Morgan fingerprint density at radius 2 is 1.71 bits per heavy atom. The summed E-state index contributed by atoms with van der Waals surface area (Å²) in [5, 5.41) is 3.30. The Labute approximate surface area is 136 Å². The van der Waals surface area contributed by atoms with Gasteiger partial charge in [-0.15, -0.1) is 24.8 Å². The van der Waals surface area contributed by atoms with Crippen LogP contribution in [-0.4, -0.2) is 34.1 Å². The lowest BCUT2D eigenvalue weighted by molar-refractivity contribution is 0.149. The van der Waals surface area contributed by atoms with Crippen LogP contribution in [0.3, 0.4) is 0 Å². The normalized spacial score (nSPS) is 14.7. The Morgan fingerprint density at radius 3 is 2.33 bits per heavy atom. The van der Waals surface area contributed by atoms with Crippen molar-refractivity contribution in [2.75, 3.05) is 13.1 Å². The van der Waals surface area contributed by atoms with E-state index in [2.05, 4.69) is 20.3 Å². The second-order valence-electron chi connectivity index (χ2n) is 4.54. The molecule has 0 aliphatic carbocycles. The van der Waals surface area contributed by atoms with Gasteiger partial charge in [0.2, 0.25) is 0 Å². The molecular formula is C14H18Cl2N4O. The summed E-state index contributed by atoms with van der Waals surface area (Å²) in [6, 6.07) is 6.22. The van der Waals surface area contributed by atoms with E-state index in [4.69, 9.17) is 4.74 Å². The molecule has 114 valence electrons. The second kappa shape index (κ2) is 8.77. The SMILES string of the molecule is Cl.Cl.c1ccc(-c2cnc(OC3CCNCC3)nc2)nc1. The van der Waals surface area contributed by atoms with Gasteiger partial charge < -0.3 is 10.1 Å². The van der Waals surface area contributed by atoms with Crippen molar-refractivity contribution in [2.45, 2.75) is 18.9 Å². The summed E-state index contributed by atoms with van der Waals surface area (Å²) in [5.74, 6) is 0. The molecular weight excluding hydrogens is 311 g/mol. The van der Waals surface area contributed by atoms with Gasteiger partial charge in [0.05, 0.1) is 5.69 Å². The number of aromatic nitrogens is 3. The summed E-state index contributed by atoms with van der Waals surface area (Å²) in [6.45, 7) is 1.99. The molecule has 1 N–H and O–H groups in total. The van der Waals surface area contributed by atoms with Gasteiger partial charge in [-0.25, -0.2) is 9.97 Å². The Hall–Kier alpha value is -1.43. The molecule has 1 aliphatic rings. The molecule has 0 aromatic carbocycles. The highest BCUT2D eigenvalue weighted by molar-refractivity contribution is 5.85. The molecule has 0 unspecified atom stereocenters. The maximum Gasteiger partial charge on any atom is 0.316 e. The van der Waals surface area contributed by atoms with Crippen LogP contribution in [0.2, 0.25) is 0 Å². The Kier molecular flexibility index (Phi) is 7.36. The van der Waals surface area contributed by atoms with Crippen molar-refractivity contribution in [3.8, 4) is 17.3 Å². The molecule has 0 spiro atoms. The molecule has 1 saturated heterocycles. The molecule has 7 heteroatoms. The third-order valence-corrected chi connectivity index (χ3v) is 3.15. The Bertz CT molecular complexity index is 518. The maximum absolute atomic E-state index is 5.76. The summed E-state index contributed by atoms with van der Waals surface area (Å²) in [4.78, 5) is 12.8. The van der Waals surface area contributed by atoms with E-state index in [9.17, 15) is 0 Å². The number of nitrogens with one attached hydrogen (secondary N) is 1. The molecule has 0 radical (unpaired) electrons. The number of pyridine rings is 1. The summed E-state index contributed by atoms with van der Waals surface area (Å²) >= 11 is 0. The molecule has 21 heavy (non-hydrogen) atoms. The average molecular weight is 329 g/mol. The van der Waals surface area contributed by atoms with Crippen molar-refractivity contribution in [1.29, 1.82) is 0 Å². The molecule has 2 aromatic heterocycles. The second-order valence-corrected chi connectivity index (χ2v) is 4.54. The molecule has 2 aromatic rings. The zero-order valence-corrected chi connectivity index (χ0v) is 13.1. The van der Waals surface area contributed by atoms with Crippen molar-refractivity contribution < 1.29 is 4.74 Å². The standard InChI is InChI=1S/C14H16N4O.2ClH/c1-2-6-16-13(3-1)11-9-17-14(18-10-11)19-12-4-7-15-8-5-12;;/h1-3,6,9-10,12,15H,4-5,7-8H2;2*1H. The highest BCUT2D eigenvalue weighted by atomic mass is 35.5. The zero-order valence-electron chi connectivity index (χ0n) is 11.4. The first-order valence-electron chi connectivity index (χ1n) is 6.52. The van der Waals surface area contributed by atoms with Gasteiger partial charge >= 0.3 is 6.01 Å². The van der Waals surface area contributed by atoms with Crippen molar-refractivity contribution in [3.63, 3.8) is 0 Å². The van der Waals surface area contributed by atoms with Crippen LogP contribution >= 0.6 is 24.8 Å². The first kappa shape index (κ1) is 17.6. The van der Waals surface area contributed by atoms with E-state index in [1.54, 1.807) is 18.6 Å². The fourth-order valence-electron chi connectivity index (χ4n) is 2.11. The molecule has 0 amide bonds. The lowest BCUT2D eigenvalue weighted by Gasteiger charge is -2.22. The fraction of sp³-hybridized carbons (Fsp3) is 0.357. The minimum atomic E-state index is 0. The van der Waals surface area contributed by atoms with Gasteiger partial charge in [-0.1, -0.05) is 6.07 Å². The average Bonchev–Trinajstić information content (AvgIpc) is 2.50. The van der Waals surface area contributed by atoms with Gasteiger partial charge in [0, 0.05) is 24.2 Å². The van der Waals surface area contributed by atoms with E-state index in [1.165, 1.54) is 0 Å². The van der Waals surface area contributed by atoms with Gasteiger partial charge in [0.1, 0.15) is 6.10 Å². The van der Waals surface area contributed by atoms with Crippen LogP contribution in [-0.2, 0) is 0 Å². The highest BCUT2D eigenvalue weighted by Gasteiger charge is 2.15. The first-order valence-corrected chi connectivity index (χ1v) is 6.52. The predicted octanol–water partition coefficient (Wildman–Crippen LogP) is 2.51. The molecule has 1 aliphatic heterocycles. The summed E-state index contributed by atoms with van der Waals surface area (Å²) in [7, 11) is 0. The van der Waals surface area contributed by atoms with Gasteiger partial charge in [0.25, 0.3) is 0 Å². The van der Waals surface area contributed by atoms with Gasteiger partial charge in [-0.3, -0.25) is 4.98 Å². The molecule has 5 nitrogen and oxygen atoms in total. The third-order valence-electron chi connectivity index (χ3n) is 3.15. The lowest BCUT2D eigenvalue weighted by atomic mass is 10.1. The molecule has 3 rings (SSSR count). The van der Waals surface area contributed by atoms with E-state index in [0.717, 1.165) is 37.2 Å². The first-order chi connectivity index (χ1) is 9.42. The third kappa shape index (κ3) is 4.81. The highest BCUT2D eigenvalue weighted by Crippen LogP contribution is 2.17. The smallest absolute Gasteiger partial charge is 0.316 e. The zero-order chi connectivity index (χ0) is 12.9. The maximum atomic E-state index is 5.76. The van der Waals surface area contributed by atoms with Crippen LogP contribution in [0.5, 0.6) is 6.01 Å². The number of rotatable bonds is 3.